The van der Waals surface area contributed by atoms with E-state index in [0.29, 0.717) is 0 Å². The van der Waals surface area contributed by atoms with Crippen LogP contribution in [0.3, 0.4) is 0 Å². The highest BCUT2D eigenvalue weighted by Gasteiger charge is 2.40. The number of anilines is 1. The van der Waals surface area contributed by atoms with E-state index in [1.54, 1.807) is 16.9 Å². The van der Waals surface area contributed by atoms with Gasteiger partial charge in [0.25, 0.3) is 5.95 Å². The second-order valence-corrected chi connectivity index (χ2v) is 5.48. The van der Waals surface area contributed by atoms with Crippen molar-refractivity contribution in [3.63, 3.8) is 0 Å². The van der Waals surface area contributed by atoms with Gasteiger partial charge in [-0.3, -0.25) is 4.68 Å². The van der Waals surface area contributed by atoms with E-state index >= 15 is 0 Å². The number of alkyl halides is 3. The van der Waals surface area contributed by atoms with E-state index in [0.717, 1.165) is 17.5 Å². The first-order chi connectivity index (χ1) is 11.4. The first-order valence-electron chi connectivity index (χ1n) is 7.24. The lowest BCUT2D eigenvalue weighted by Gasteiger charge is -2.04. The van der Waals surface area contributed by atoms with Crippen LogP contribution < -0.4 is 5.73 Å². The van der Waals surface area contributed by atoms with Crippen molar-refractivity contribution in [2.75, 3.05) is 5.73 Å². The predicted molar refractivity (Wildman–Crippen MR) is 78.1 cm³/mol. The van der Waals surface area contributed by atoms with Crippen LogP contribution in [0.1, 0.15) is 24.6 Å². The number of nitrogens with two attached hydrogens (primary N) is 1. The Morgan fingerprint density at radius 3 is 2.46 bits per heavy atom. The summed E-state index contributed by atoms with van der Waals surface area (Å²) in [5, 5.41) is 7.82. The molecule has 3 aromatic rings. The molecule has 1 aliphatic carbocycles. The first kappa shape index (κ1) is 14.7. The second kappa shape index (κ2) is 5.05. The van der Waals surface area contributed by atoms with Gasteiger partial charge in [0.05, 0.1) is 17.3 Å². The van der Waals surface area contributed by atoms with Gasteiger partial charge < -0.3 is 5.73 Å². The molecule has 0 atom stereocenters. The Hall–Kier alpha value is -2.91. The molecular formula is C14H12F3N7. The van der Waals surface area contributed by atoms with E-state index in [4.69, 9.17) is 5.73 Å². The van der Waals surface area contributed by atoms with Crippen LogP contribution in [-0.2, 0) is 6.18 Å². The Balaban J connectivity index is 1.89. The van der Waals surface area contributed by atoms with Crippen LogP contribution in [0.25, 0.3) is 17.2 Å². The summed E-state index contributed by atoms with van der Waals surface area (Å²) in [7, 11) is 0. The van der Waals surface area contributed by atoms with Gasteiger partial charge >= 0.3 is 6.18 Å². The number of aromatic nitrogens is 6. The highest BCUT2D eigenvalue weighted by molar-refractivity contribution is 5.75. The lowest BCUT2D eigenvalue weighted by molar-refractivity contribution is -0.140. The van der Waals surface area contributed by atoms with Gasteiger partial charge in [0, 0.05) is 18.6 Å². The summed E-state index contributed by atoms with van der Waals surface area (Å²) in [5.74, 6) is -0.233. The van der Waals surface area contributed by atoms with Crippen molar-refractivity contribution in [2.24, 2.45) is 0 Å². The molecule has 0 spiro atoms. The summed E-state index contributed by atoms with van der Waals surface area (Å²) < 4.78 is 42.8. The van der Waals surface area contributed by atoms with Gasteiger partial charge in [-0.1, -0.05) is 0 Å². The van der Waals surface area contributed by atoms with Gasteiger partial charge in [0.15, 0.2) is 5.69 Å². The molecule has 4 rings (SSSR count). The molecule has 0 amide bonds. The average Bonchev–Trinajstić information content (AvgIpc) is 3.17. The van der Waals surface area contributed by atoms with Crippen molar-refractivity contribution < 1.29 is 13.2 Å². The van der Waals surface area contributed by atoms with Crippen LogP contribution in [0.15, 0.2) is 30.7 Å². The summed E-state index contributed by atoms with van der Waals surface area (Å²) in [6, 6.07) is 3.31. The van der Waals surface area contributed by atoms with Crippen LogP contribution in [0.4, 0.5) is 19.0 Å². The molecule has 3 heterocycles. The lowest BCUT2D eigenvalue weighted by atomic mass is 10.1. The standard InChI is InChI=1S/C14H12F3N7/c15-14(16,17)11-10(9-4-7-23(21-9)8-2-3-8)12(18)24(22-11)13-19-5-1-6-20-13/h1,4-8H,2-3,18H2. The maximum atomic E-state index is 13.4. The molecule has 1 aliphatic rings. The summed E-state index contributed by atoms with van der Waals surface area (Å²) in [5.41, 5.74) is 4.71. The third-order valence-electron chi connectivity index (χ3n) is 3.72. The molecular weight excluding hydrogens is 323 g/mol. The summed E-state index contributed by atoms with van der Waals surface area (Å²) in [6.07, 6.45) is 1.73. The van der Waals surface area contributed by atoms with E-state index in [-0.39, 0.29) is 29.1 Å². The van der Waals surface area contributed by atoms with Crippen LogP contribution in [-0.4, -0.2) is 29.5 Å². The van der Waals surface area contributed by atoms with Crippen molar-refractivity contribution in [1.29, 1.82) is 0 Å². The zero-order valence-electron chi connectivity index (χ0n) is 12.3. The monoisotopic (exact) mass is 335 g/mol. The first-order valence-corrected chi connectivity index (χ1v) is 7.24. The van der Waals surface area contributed by atoms with Gasteiger partial charge in [-0.05, 0) is 25.0 Å². The largest absolute Gasteiger partial charge is 0.435 e. The number of hydrogen-bond donors (Lipinski definition) is 1. The average molecular weight is 335 g/mol. The Morgan fingerprint density at radius 2 is 1.83 bits per heavy atom. The molecule has 0 saturated heterocycles. The minimum atomic E-state index is -4.67. The quantitative estimate of drug-likeness (QED) is 0.794. The third kappa shape index (κ3) is 2.39. The summed E-state index contributed by atoms with van der Waals surface area (Å²) in [4.78, 5) is 7.80. The number of halogens is 3. The van der Waals surface area contributed by atoms with Crippen molar-refractivity contribution in [1.82, 2.24) is 29.5 Å². The highest BCUT2D eigenvalue weighted by Crippen LogP contribution is 2.41. The van der Waals surface area contributed by atoms with E-state index < -0.39 is 11.9 Å². The molecule has 124 valence electrons. The van der Waals surface area contributed by atoms with Crippen LogP contribution in [0.2, 0.25) is 0 Å². The predicted octanol–water partition coefficient (Wildman–Crippen LogP) is 2.46. The minimum absolute atomic E-state index is 0.0339. The van der Waals surface area contributed by atoms with Gasteiger partial charge in [0.1, 0.15) is 5.82 Å². The number of rotatable bonds is 3. The lowest BCUT2D eigenvalue weighted by Crippen LogP contribution is -2.09. The molecule has 1 fully saturated rings. The van der Waals surface area contributed by atoms with Gasteiger partial charge in [-0.25, -0.2) is 9.97 Å². The number of nitrogen functional groups attached to an aromatic ring is 1. The molecule has 0 aromatic carbocycles. The van der Waals surface area contributed by atoms with Gasteiger partial charge in [-0.2, -0.15) is 28.1 Å². The second-order valence-electron chi connectivity index (χ2n) is 5.48. The molecule has 0 radical (unpaired) electrons. The smallest absolute Gasteiger partial charge is 0.383 e. The fraction of sp³-hybridized carbons (Fsp3) is 0.286. The highest BCUT2D eigenvalue weighted by atomic mass is 19.4. The molecule has 7 nitrogen and oxygen atoms in total. The maximum Gasteiger partial charge on any atom is 0.435 e. The van der Waals surface area contributed by atoms with E-state index in [9.17, 15) is 13.2 Å². The molecule has 0 bridgehead atoms. The zero-order chi connectivity index (χ0) is 16.9. The summed E-state index contributed by atoms with van der Waals surface area (Å²) >= 11 is 0. The van der Waals surface area contributed by atoms with E-state index in [2.05, 4.69) is 20.2 Å². The normalized spacial score (nSPS) is 15.0. The molecule has 24 heavy (non-hydrogen) atoms. The zero-order valence-corrected chi connectivity index (χ0v) is 12.3. The molecule has 2 N–H and O–H groups in total. The van der Waals surface area contributed by atoms with Crippen molar-refractivity contribution in [3.8, 4) is 17.2 Å². The number of nitrogens with zero attached hydrogens (tertiary/aromatic N) is 6. The topological polar surface area (TPSA) is 87.4 Å². The fourth-order valence-corrected chi connectivity index (χ4v) is 2.45. The van der Waals surface area contributed by atoms with E-state index in [1.807, 2.05) is 0 Å². The summed E-state index contributed by atoms with van der Waals surface area (Å²) in [6.45, 7) is 0. The molecule has 0 aliphatic heterocycles. The van der Waals surface area contributed by atoms with Crippen LogP contribution >= 0.6 is 0 Å². The third-order valence-corrected chi connectivity index (χ3v) is 3.72. The van der Waals surface area contributed by atoms with Crippen molar-refractivity contribution in [3.05, 3.63) is 36.4 Å². The number of hydrogen-bond acceptors (Lipinski definition) is 5. The van der Waals surface area contributed by atoms with E-state index in [1.165, 1.54) is 18.5 Å². The van der Waals surface area contributed by atoms with Crippen LogP contribution in [0, 0.1) is 0 Å². The Kier molecular flexibility index (Phi) is 3.08. The maximum absolute atomic E-state index is 13.4. The van der Waals surface area contributed by atoms with Crippen molar-refractivity contribution >= 4 is 5.82 Å². The molecule has 10 heteroatoms. The van der Waals surface area contributed by atoms with Crippen molar-refractivity contribution in [2.45, 2.75) is 25.1 Å². The Morgan fingerprint density at radius 1 is 1.12 bits per heavy atom. The SMILES string of the molecule is Nc1c(-c2ccn(C3CC3)n2)c(C(F)(F)F)nn1-c1ncccn1. The molecule has 3 aromatic heterocycles. The fourth-order valence-electron chi connectivity index (χ4n) is 2.45. The Bertz CT molecular complexity index is 878. The van der Waals surface area contributed by atoms with Gasteiger partial charge in [0.2, 0.25) is 0 Å². The van der Waals surface area contributed by atoms with Crippen LogP contribution in [0.5, 0.6) is 0 Å². The molecule has 0 unspecified atom stereocenters. The van der Waals surface area contributed by atoms with Gasteiger partial charge in [-0.15, -0.1) is 0 Å². The minimum Gasteiger partial charge on any atom is -0.383 e. The Labute approximate surface area is 133 Å². The molecule has 1 saturated carbocycles.